The first kappa shape index (κ1) is 11.4. The maximum Gasteiger partial charge on any atom is 0.184 e. The van der Waals surface area contributed by atoms with Gasteiger partial charge in [0.1, 0.15) is 5.15 Å². The van der Waals surface area contributed by atoms with Gasteiger partial charge in [0, 0.05) is 18.5 Å². The predicted molar refractivity (Wildman–Crippen MR) is 68.8 cm³/mol. The Hall–Kier alpha value is -1.10. The molecule has 16 heavy (non-hydrogen) atoms. The first-order valence-corrected chi connectivity index (χ1v) is 6.16. The lowest BCUT2D eigenvalue weighted by molar-refractivity contribution is 1.06. The summed E-state index contributed by atoms with van der Waals surface area (Å²) in [5.74, 6) is 0. The molecule has 0 unspecified atom stereocenters. The molecular formula is C11H12ClN3S. The number of thiazole rings is 1. The SMILES string of the molecule is NCc1ccc(CNc2nc(Cl)cs2)cc1. The Morgan fingerprint density at radius 1 is 1.25 bits per heavy atom. The number of rotatable bonds is 4. The maximum atomic E-state index is 5.73. The second-order valence-corrected chi connectivity index (χ2v) is 4.59. The molecule has 0 saturated carbocycles. The molecule has 1 aromatic carbocycles. The molecule has 2 aromatic rings. The van der Waals surface area contributed by atoms with Crippen LogP contribution in [0.5, 0.6) is 0 Å². The van der Waals surface area contributed by atoms with Crippen LogP contribution in [0.25, 0.3) is 0 Å². The van der Waals surface area contributed by atoms with Crippen molar-refractivity contribution in [3.8, 4) is 0 Å². The molecule has 0 saturated heterocycles. The zero-order chi connectivity index (χ0) is 11.4. The monoisotopic (exact) mass is 253 g/mol. The summed E-state index contributed by atoms with van der Waals surface area (Å²) in [5.41, 5.74) is 7.87. The summed E-state index contributed by atoms with van der Waals surface area (Å²) in [6, 6.07) is 8.19. The number of nitrogens with two attached hydrogens (primary N) is 1. The Labute approximate surface area is 103 Å². The van der Waals surface area contributed by atoms with Gasteiger partial charge in [-0.1, -0.05) is 35.9 Å². The van der Waals surface area contributed by atoms with Gasteiger partial charge in [0.25, 0.3) is 0 Å². The summed E-state index contributed by atoms with van der Waals surface area (Å²) >= 11 is 7.23. The van der Waals surface area contributed by atoms with Gasteiger partial charge in [-0.15, -0.1) is 11.3 Å². The average molecular weight is 254 g/mol. The fraction of sp³-hybridized carbons (Fsp3) is 0.182. The molecule has 0 fully saturated rings. The fourth-order valence-electron chi connectivity index (χ4n) is 1.31. The molecule has 3 nitrogen and oxygen atoms in total. The largest absolute Gasteiger partial charge is 0.357 e. The number of halogens is 1. The molecule has 0 aliphatic rings. The first-order chi connectivity index (χ1) is 7.78. The van der Waals surface area contributed by atoms with E-state index in [1.165, 1.54) is 16.9 Å². The van der Waals surface area contributed by atoms with Crippen LogP contribution in [0.1, 0.15) is 11.1 Å². The second-order valence-electron chi connectivity index (χ2n) is 3.35. The maximum absolute atomic E-state index is 5.73. The summed E-state index contributed by atoms with van der Waals surface area (Å²) in [5, 5.41) is 6.39. The van der Waals surface area contributed by atoms with Crippen LogP contribution in [0.4, 0.5) is 5.13 Å². The minimum absolute atomic E-state index is 0.533. The van der Waals surface area contributed by atoms with Crippen molar-refractivity contribution in [2.75, 3.05) is 5.32 Å². The smallest absolute Gasteiger partial charge is 0.184 e. The Kier molecular flexibility index (Phi) is 3.77. The second kappa shape index (κ2) is 5.30. The molecule has 0 radical (unpaired) electrons. The van der Waals surface area contributed by atoms with Crippen LogP contribution < -0.4 is 11.1 Å². The van der Waals surface area contributed by atoms with E-state index in [9.17, 15) is 0 Å². The molecule has 3 N–H and O–H groups in total. The van der Waals surface area contributed by atoms with Gasteiger partial charge in [-0.2, -0.15) is 0 Å². The zero-order valence-electron chi connectivity index (χ0n) is 8.61. The molecule has 0 amide bonds. The van der Waals surface area contributed by atoms with Crippen molar-refractivity contribution >= 4 is 28.1 Å². The third-order valence-corrected chi connectivity index (χ3v) is 3.30. The van der Waals surface area contributed by atoms with E-state index in [4.69, 9.17) is 17.3 Å². The van der Waals surface area contributed by atoms with Crippen LogP contribution in [0, 0.1) is 0 Å². The Morgan fingerprint density at radius 2 is 1.94 bits per heavy atom. The first-order valence-electron chi connectivity index (χ1n) is 4.90. The van der Waals surface area contributed by atoms with Crippen molar-refractivity contribution in [2.24, 2.45) is 5.73 Å². The number of hydrogen-bond donors (Lipinski definition) is 2. The van der Waals surface area contributed by atoms with Crippen LogP contribution in [-0.2, 0) is 13.1 Å². The van der Waals surface area contributed by atoms with E-state index < -0.39 is 0 Å². The van der Waals surface area contributed by atoms with E-state index in [2.05, 4.69) is 22.4 Å². The standard InChI is InChI=1S/C11H12ClN3S/c12-10-7-16-11(15-10)14-6-9-3-1-8(5-13)2-4-9/h1-4,7H,5-6,13H2,(H,14,15). The normalized spacial score (nSPS) is 10.4. The van der Waals surface area contributed by atoms with Crippen LogP contribution in [0.15, 0.2) is 29.6 Å². The van der Waals surface area contributed by atoms with Gasteiger partial charge < -0.3 is 11.1 Å². The zero-order valence-corrected chi connectivity index (χ0v) is 10.2. The summed E-state index contributed by atoms with van der Waals surface area (Å²) in [6.45, 7) is 1.32. The molecule has 2 rings (SSSR count). The van der Waals surface area contributed by atoms with Gasteiger partial charge in [0.05, 0.1) is 0 Å². The third kappa shape index (κ3) is 2.95. The van der Waals surface area contributed by atoms with Crippen molar-refractivity contribution in [2.45, 2.75) is 13.1 Å². The highest BCUT2D eigenvalue weighted by Crippen LogP contribution is 2.19. The third-order valence-electron chi connectivity index (χ3n) is 2.18. The van der Waals surface area contributed by atoms with Gasteiger partial charge in [-0.05, 0) is 11.1 Å². The molecule has 0 aliphatic heterocycles. The topological polar surface area (TPSA) is 50.9 Å². The molecule has 0 spiro atoms. The minimum atomic E-state index is 0.533. The quantitative estimate of drug-likeness (QED) is 0.881. The van der Waals surface area contributed by atoms with Gasteiger partial charge in [0.2, 0.25) is 0 Å². The van der Waals surface area contributed by atoms with E-state index in [0.717, 1.165) is 17.2 Å². The van der Waals surface area contributed by atoms with Gasteiger partial charge in [-0.3, -0.25) is 0 Å². The van der Waals surface area contributed by atoms with Crippen LogP contribution >= 0.6 is 22.9 Å². The number of nitrogens with one attached hydrogen (secondary N) is 1. The van der Waals surface area contributed by atoms with Gasteiger partial charge >= 0.3 is 0 Å². The summed E-state index contributed by atoms with van der Waals surface area (Å²) in [4.78, 5) is 4.11. The average Bonchev–Trinajstić information content (AvgIpc) is 2.73. The molecule has 5 heteroatoms. The van der Waals surface area contributed by atoms with E-state index in [0.29, 0.717) is 11.7 Å². The summed E-state index contributed by atoms with van der Waals surface area (Å²) < 4.78 is 0. The highest BCUT2D eigenvalue weighted by molar-refractivity contribution is 7.14. The number of hydrogen-bond acceptors (Lipinski definition) is 4. The summed E-state index contributed by atoms with van der Waals surface area (Å²) in [6.07, 6.45) is 0. The lowest BCUT2D eigenvalue weighted by Gasteiger charge is -2.03. The molecule has 0 aliphatic carbocycles. The van der Waals surface area contributed by atoms with Crippen molar-refractivity contribution in [3.63, 3.8) is 0 Å². The van der Waals surface area contributed by atoms with Crippen molar-refractivity contribution in [1.29, 1.82) is 0 Å². The van der Waals surface area contributed by atoms with Crippen molar-refractivity contribution in [3.05, 3.63) is 45.9 Å². The molecule has 1 aromatic heterocycles. The van der Waals surface area contributed by atoms with Crippen LogP contribution in [0.3, 0.4) is 0 Å². The fourth-order valence-corrected chi connectivity index (χ4v) is 2.14. The van der Waals surface area contributed by atoms with E-state index >= 15 is 0 Å². The molecular weight excluding hydrogens is 242 g/mol. The van der Waals surface area contributed by atoms with Crippen LogP contribution in [-0.4, -0.2) is 4.98 Å². The number of aromatic nitrogens is 1. The highest BCUT2D eigenvalue weighted by Gasteiger charge is 1.99. The number of nitrogens with zero attached hydrogens (tertiary/aromatic N) is 1. The van der Waals surface area contributed by atoms with Gasteiger partial charge in [-0.25, -0.2) is 4.98 Å². The van der Waals surface area contributed by atoms with E-state index in [1.807, 2.05) is 12.1 Å². The van der Waals surface area contributed by atoms with Crippen molar-refractivity contribution < 1.29 is 0 Å². The van der Waals surface area contributed by atoms with Crippen molar-refractivity contribution in [1.82, 2.24) is 4.98 Å². The Morgan fingerprint density at radius 3 is 2.50 bits per heavy atom. The Bertz CT molecular complexity index is 453. The Balaban J connectivity index is 1.94. The van der Waals surface area contributed by atoms with E-state index in [1.54, 1.807) is 5.38 Å². The molecule has 84 valence electrons. The lowest BCUT2D eigenvalue weighted by atomic mass is 10.1. The van der Waals surface area contributed by atoms with Gasteiger partial charge in [0.15, 0.2) is 5.13 Å². The number of benzene rings is 1. The van der Waals surface area contributed by atoms with E-state index in [-0.39, 0.29) is 0 Å². The van der Waals surface area contributed by atoms with Crippen LogP contribution in [0.2, 0.25) is 5.15 Å². The lowest BCUT2D eigenvalue weighted by Crippen LogP contribution is -2.00. The molecule has 0 atom stereocenters. The highest BCUT2D eigenvalue weighted by atomic mass is 35.5. The predicted octanol–water partition coefficient (Wildman–Crippen LogP) is 2.87. The molecule has 0 bridgehead atoms. The summed E-state index contributed by atoms with van der Waals surface area (Å²) in [7, 11) is 0. The minimum Gasteiger partial charge on any atom is -0.357 e. The molecule has 1 heterocycles. The number of anilines is 1.